The lowest BCUT2D eigenvalue weighted by molar-refractivity contribution is -0.122. The maximum absolute atomic E-state index is 11.2. The Hall–Kier alpha value is 0.0500. The molecule has 0 aliphatic heterocycles. The van der Waals surface area contributed by atoms with Gasteiger partial charge in [0, 0.05) is 6.04 Å². The van der Waals surface area contributed by atoms with Crippen LogP contribution in [0.3, 0.4) is 0 Å². The highest BCUT2D eigenvalue weighted by Crippen LogP contribution is 2.22. The van der Waals surface area contributed by atoms with Crippen LogP contribution in [-0.4, -0.2) is 16.3 Å². The summed E-state index contributed by atoms with van der Waals surface area (Å²) >= 11 is 11.2. The predicted octanol–water partition coefficient (Wildman–Crippen LogP) is 2.24. The molecule has 0 spiro atoms. The Morgan fingerprint density at radius 1 is 1.42 bits per heavy atom. The van der Waals surface area contributed by atoms with Crippen molar-refractivity contribution in [3.8, 4) is 0 Å². The molecule has 0 saturated heterocycles. The minimum absolute atomic E-state index is 0.280. The van der Waals surface area contributed by atoms with Gasteiger partial charge in [-0.05, 0) is 19.8 Å². The Morgan fingerprint density at radius 2 is 1.92 bits per heavy atom. The second-order valence-electron chi connectivity index (χ2n) is 3.34. The Bertz CT molecular complexity index is 170. The van der Waals surface area contributed by atoms with Crippen LogP contribution < -0.4 is 5.32 Å². The van der Waals surface area contributed by atoms with Crippen LogP contribution in [0.5, 0.6) is 0 Å². The first-order chi connectivity index (χ1) is 5.50. The molecule has 1 fully saturated rings. The van der Waals surface area contributed by atoms with Crippen LogP contribution in [0.1, 0.15) is 32.6 Å². The Kier molecular flexibility index (Phi) is 3.24. The third-order valence-electron chi connectivity index (χ3n) is 2.09. The third kappa shape index (κ3) is 2.83. The van der Waals surface area contributed by atoms with Crippen LogP contribution in [0.15, 0.2) is 0 Å². The van der Waals surface area contributed by atoms with Gasteiger partial charge in [0.15, 0.2) is 4.33 Å². The van der Waals surface area contributed by atoms with Crippen LogP contribution in [0.25, 0.3) is 0 Å². The van der Waals surface area contributed by atoms with Crippen molar-refractivity contribution in [2.24, 2.45) is 0 Å². The molecule has 4 heteroatoms. The first kappa shape index (κ1) is 10.1. The quantitative estimate of drug-likeness (QED) is 0.695. The van der Waals surface area contributed by atoms with E-state index in [4.69, 9.17) is 23.2 Å². The van der Waals surface area contributed by atoms with Gasteiger partial charge in [0.05, 0.1) is 0 Å². The van der Waals surface area contributed by atoms with E-state index in [1.165, 1.54) is 19.8 Å². The van der Waals surface area contributed by atoms with E-state index in [-0.39, 0.29) is 11.9 Å². The molecule has 1 aliphatic carbocycles. The summed E-state index contributed by atoms with van der Waals surface area (Å²) in [4.78, 5) is 11.2. The van der Waals surface area contributed by atoms with Crippen molar-refractivity contribution in [3.05, 3.63) is 0 Å². The van der Waals surface area contributed by atoms with Gasteiger partial charge in [-0.15, -0.1) is 0 Å². The smallest absolute Gasteiger partial charge is 0.256 e. The molecule has 0 aromatic rings. The fourth-order valence-corrected chi connectivity index (χ4v) is 1.49. The summed E-state index contributed by atoms with van der Waals surface area (Å²) in [5, 5.41) is 2.82. The first-order valence-corrected chi connectivity index (χ1v) is 4.94. The van der Waals surface area contributed by atoms with Crippen LogP contribution >= 0.6 is 23.2 Å². The predicted molar refractivity (Wildman–Crippen MR) is 50.5 cm³/mol. The zero-order chi connectivity index (χ0) is 9.19. The number of hydrogen-bond acceptors (Lipinski definition) is 1. The van der Waals surface area contributed by atoms with Crippen LogP contribution in [0.4, 0.5) is 0 Å². The number of carbonyl (C=O) groups excluding carboxylic acids is 1. The molecule has 0 radical (unpaired) electrons. The summed E-state index contributed by atoms with van der Waals surface area (Å²) in [5.74, 6) is -0.280. The number of amides is 1. The molecule has 1 aliphatic rings. The van der Waals surface area contributed by atoms with Gasteiger partial charge >= 0.3 is 0 Å². The van der Waals surface area contributed by atoms with Gasteiger partial charge in [-0.3, -0.25) is 4.79 Å². The number of hydrogen-bond donors (Lipinski definition) is 1. The zero-order valence-electron chi connectivity index (χ0n) is 7.07. The molecule has 1 saturated carbocycles. The van der Waals surface area contributed by atoms with Crippen molar-refractivity contribution in [1.29, 1.82) is 0 Å². The molecule has 0 aromatic carbocycles. The van der Waals surface area contributed by atoms with Crippen molar-refractivity contribution >= 4 is 29.1 Å². The summed E-state index contributed by atoms with van der Waals surface area (Å²) in [7, 11) is 0. The SMILES string of the molecule is CC(Cl)(Cl)C(=O)NC1CCCC1. The second-order valence-corrected chi connectivity index (χ2v) is 5.05. The minimum atomic E-state index is -1.29. The van der Waals surface area contributed by atoms with Crippen molar-refractivity contribution in [3.63, 3.8) is 0 Å². The molecule has 0 heterocycles. The minimum Gasteiger partial charge on any atom is -0.351 e. The summed E-state index contributed by atoms with van der Waals surface area (Å²) < 4.78 is -1.29. The highest BCUT2D eigenvalue weighted by Gasteiger charge is 2.29. The molecule has 0 unspecified atom stereocenters. The van der Waals surface area contributed by atoms with E-state index in [1.54, 1.807) is 0 Å². The summed E-state index contributed by atoms with van der Waals surface area (Å²) in [5.41, 5.74) is 0. The number of alkyl halides is 2. The molecule has 0 aromatic heterocycles. The molecule has 2 nitrogen and oxygen atoms in total. The van der Waals surface area contributed by atoms with Gasteiger partial charge in [-0.2, -0.15) is 0 Å². The molecular formula is C8H13Cl2NO. The van der Waals surface area contributed by atoms with Gasteiger partial charge in [-0.25, -0.2) is 0 Å². The molecule has 1 N–H and O–H groups in total. The summed E-state index contributed by atoms with van der Waals surface area (Å²) in [6, 6.07) is 0.286. The maximum atomic E-state index is 11.2. The average molecular weight is 210 g/mol. The second kappa shape index (κ2) is 3.84. The van der Waals surface area contributed by atoms with E-state index in [2.05, 4.69) is 5.32 Å². The Morgan fingerprint density at radius 3 is 2.33 bits per heavy atom. The largest absolute Gasteiger partial charge is 0.351 e. The van der Waals surface area contributed by atoms with E-state index in [0.717, 1.165) is 12.8 Å². The van der Waals surface area contributed by atoms with Gasteiger partial charge in [0.1, 0.15) is 0 Å². The molecule has 0 bridgehead atoms. The van der Waals surface area contributed by atoms with Crippen molar-refractivity contribution in [2.45, 2.75) is 43.0 Å². The molecule has 12 heavy (non-hydrogen) atoms. The van der Waals surface area contributed by atoms with E-state index in [1.807, 2.05) is 0 Å². The monoisotopic (exact) mass is 209 g/mol. The average Bonchev–Trinajstić information content (AvgIpc) is 2.37. The lowest BCUT2D eigenvalue weighted by Crippen LogP contribution is -2.41. The standard InChI is InChI=1S/C8H13Cl2NO/c1-8(9,10)7(12)11-6-4-2-3-5-6/h6H,2-5H2,1H3,(H,11,12). The topological polar surface area (TPSA) is 29.1 Å². The number of rotatable bonds is 2. The number of nitrogens with one attached hydrogen (secondary N) is 1. The van der Waals surface area contributed by atoms with Gasteiger partial charge < -0.3 is 5.32 Å². The summed E-state index contributed by atoms with van der Waals surface area (Å²) in [6.07, 6.45) is 4.48. The van der Waals surface area contributed by atoms with E-state index < -0.39 is 4.33 Å². The number of carbonyl (C=O) groups is 1. The normalized spacial score (nSPS) is 19.6. The molecular weight excluding hydrogens is 197 g/mol. The molecule has 0 atom stereocenters. The van der Waals surface area contributed by atoms with Gasteiger partial charge in [0.2, 0.25) is 0 Å². The zero-order valence-corrected chi connectivity index (χ0v) is 8.58. The fraction of sp³-hybridized carbons (Fsp3) is 0.875. The van der Waals surface area contributed by atoms with Crippen molar-refractivity contribution < 1.29 is 4.79 Å². The van der Waals surface area contributed by atoms with Crippen molar-refractivity contribution in [2.75, 3.05) is 0 Å². The highest BCUT2D eigenvalue weighted by molar-refractivity contribution is 6.57. The van der Waals surface area contributed by atoms with Crippen LogP contribution in [-0.2, 0) is 4.79 Å². The van der Waals surface area contributed by atoms with Crippen LogP contribution in [0, 0.1) is 0 Å². The fourth-order valence-electron chi connectivity index (χ4n) is 1.38. The molecule has 1 amide bonds. The lowest BCUT2D eigenvalue weighted by Gasteiger charge is -2.17. The maximum Gasteiger partial charge on any atom is 0.256 e. The Balaban J connectivity index is 2.35. The van der Waals surface area contributed by atoms with Gasteiger partial charge in [-0.1, -0.05) is 36.0 Å². The van der Waals surface area contributed by atoms with Gasteiger partial charge in [0.25, 0.3) is 5.91 Å². The molecule has 70 valence electrons. The third-order valence-corrected chi connectivity index (χ3v) is 2.43. The number of halogens is 2. The van der Waals surface area contributed by atoms with E-state index >= 15 is 0 Å². The van der Waals surface area contributed by atoms with E-state index in [0.29, 0.717) is 0 Å². The van der Waals surface area contributed by atoms with Crippen molar-refractivity contribution in [1.82, 2.24) is 5.32 Å². The van der Waals surface area contributed by atoms with E-state index in [9.17, 15) is 4.79 Å². The lowest BCUT2D eigenvalue weighted by atomic mass is 10.2. The summed E-state index contributed by atoms with van der Waals surface area (Å²) in [6.45, 7) is 1.49. The highest BCUT2D eigenvalue weighted by atomic mass is 35.5. The molecule has 1 rings (SSSR count). The van der Waals surface area contributed by atoms with Crippen LogP contribution in [0.2, 0.25) is 0 Å². The first-order valence-electron chi connectivity index (χ1n) is 4.19. The Labute approximate surface area is 82.6 Å².